The van der Waals surface area contributed by atoms with Crippen molar-refractivity contribution in [2.75, 3.05) is 6.54 Å². The first-order valence-corrected chi connectivity index (χ1v) is 5.96. The first-order valence-electron chi connectivity index (χ1n) is 5.96. The normalized spacial score (nSPS) is 10.6. The van der Waals surface area contributed by atoms with Crippen LogP contribution in [0.2, 0.25) is 0 Å². The van der Waals surface area contributed by atoms with Gasteiger partial charge in [0.15, 0.2) is 0 Å². The quantitative estimate of drug-likeness (QED) is 0.599. The van der Waals surface area contributed by atoms with Crippen LogP contribution in [0.5, 0.6) is 0 Å². The lowest BCUT2D eigenvalue weighted by Gasteiger charge is -2.06. The van der Waals surface area contributed by atoms with Crippen molar-refractivity contribution in [3.8, 4) is 0 Å². The smallest absolute Gasteiger partial charge is 0.222 e. The summed E-state index contributed by atoms with van der Waals surface area (Å²) < 4.78 is 0. The van der Waals surface area contributed by atoms with Crippen molar-refractivity contribution in [3.63, 3.8) is 0 Å². The molecule has 1 amide bonds. The molecule has 0 rings (SSSR count). The zero-order valence-corrected chi connectivity index (χ0v) is 9.94. The third-order valence-corrected chi connectivity index (χ3v) is 2.35. The minimum atomic E-state index is 0. The van der Waals surface area contributed by atoms with Crippen LogP contribution in [0.25, 0.3) is 0 Å². The molecule has 0 bridgehead atoms. The molecule has 86 valence electrons. The van der Waals surface area contributed by atoms with Crippen LogP contribution in [0.1, 0.15) is 60.7 Å². The number of nitrogens with one attached hydrogen (secondary N) is 1. The lowest BCUT2D eigenvalue weighted by molar-refractivity contribution is -0.123. The summed E-state index contributed by atoms with van der Waals surface area (Å²) in [6.07, 6.45) is 7.67. The van der Waals surface area contributed by atoms with Crippen molar-refractivity contribution in [3.05, 3.63) is 0 Å². The summed E-state index contributed by atoms with van der Waals surface area (Å²) in [6.45, 7) is 6.93. The second-order valence-corrected chi connectivity index (χ2v) is 4.21. The molecule has 14 heavy (non-hydrogen) atoms. The Kier molecular flexibility index (Phi) is 8.70. The lowest BCUT2D eigenvalue weighted by atomic mass is 10.1. The maximum absolute atomic E-state index is 11.2. The van der Waals surface area contributed by atoms with Gasteiger partial charge in [0.05, 0.1) is 0 Å². The van der Waals surface area contributed by atoms with Crippen LogP contribution >= 0.6 is 0 Å². The average Bonchev–Trinajstić information content (AvgIpc) is 2.16. The van der Waals surface area contributed by atoms with E-state index >= 15 is 0 Å². The highest BCUT2D eigenvalue weighted by Crippen LogP contribution is 2.04. The first kappa shape index (κ1) is 13.5. The van der Waals surface area contributed by atoms with Gasteiger partial charge < -0.3 is 5.32 Å². The summed E-state index contributed by atoms with van der Waals surface area (Å²) in [5.74, 6) is 0.300. The van der Waals surface area contributed by atoms with Crippen LogP contribution in [-0.4, -0.2) is 12.5 Å². The maximum Gasteiger partial charge on any atom is 0.222 e. The third kappa shape index (κ3) is 8.09. The van der Waals surface area contributed by atoms with Gasteiger partial charge in [0.25, 0.3) is 0 Å². The predicted octanol–water partition coefficient (Wildman–Crippen LogP) is 3.37. The van der Waals surface area contributed by atoms with Gasteiger partial charge >= 0.3 is 0 Å². The van der Waals surface area contributed by atoms with E-state index in [4.69, 9.17) is 0 Å². The molecule has 0 unspecified atom stereocenters. The molecule has 0 atom stereocenters. The van der Waals surface area contributed by atoms with E-state index < -0.39 is 0 Å². The Morgan fingerprint density at radius 1 is 1.14 bits per heavy atom. The highest BCUT2D eigenvalue weighted by atomic mass is 16.1. The Labute approximate surface area is 89.9 Å². The minimum Gasteiger partial charge on any atom is -0.356 e. The molecule has 2 nitrogen and oxygen atoms in total. The first-order chi connectivity index (χ1) is 6.68. The maximum atomic E-state index is 11.2. The molecular weight excluding hydrogens is 174 g/mol. The minimum absolute atomic E-state index is 0. The highest BCUT2D eigenvalue weighted by Gasteiger charge is 2.04. The molecule has 0 saturated carbocycles. The summed E-state index contributed by atoms with van der Waals surface area (Å²) in [7, 11) is 0. The van der Waals surface area contributed by atoms with Crippen molar-refractivity contribution in [1.29, 1.82) is 0 Å². The Morgan fingerprint density at radius 3 is 2.29 bits per heavy atom. The van der Waals surface area contributed by atoms with Gasteiger partial charge in [-0.1, -0.05) is 52.9 Å². The number of carbonyl (C=O) groups excluding carboxylic acids is 1. The van der Waals surface area contributed by atoms with Gasteiger partial charge in [-0.2, -0.15) is 0 Å². The van der Waals surface area contributed by atoms with E-state index in [0.717, 1.165) is 13.0 Å². The summed E-state index contributed by atoms with van der Waals surface area (Å²) in [5, 5.41) is 2.93. The van der Waals surface area contributed by atoms with Crippen LogP contribution in [0.4, 0.5) is 0 Å². The Hall–Kier alpha value is -0.530. The zero-order chi connectivity index (χ0) is 10.8. The molecule has 1 N–H and O–H groups in total. The van der Waals surface area contributed by atoms with Crippen LogP contribution in [0.3, 0.4) is 0 Å². The van der Waals surface area contributed by atoms with Crippen LogP contribution < -0.4 is 5.32 Å². The average molecular weight is 201 g/mol. The van der Waals surface area contributed by atoms with Gasteiger partial charge in [-0.05, 0) is 6.42 Å². The van der Waals surface area contributed by atoms with E-state index in [-0.39, 0.29) is 13.3 Å². The van der Waals surface area contributed by atoms with Crippen LogP contribution in [0, 0.1) is 5.92 Å². The van der Waals surface area contributed by atoms with Gasteiger partial charge in [-0.3, -0.25) is 4.79 Å². The van der Waals surface area contributed by atoms with E-state index in [1.807, 2.05) is 13.8 Å². The van der Waals surface area contributed by atoms with Gasteiger partial charge in [-0.25, -0.2) is 0 Å². The molecule has 0 aliphatic rings. The summed E-state index contributed by atoms with van der Waals surface area (Å²) in [5.41, 5.74) is 0. The Bertz CT molecular complexity index is 149. The van der Waals surface area contributed by atoms with Crippen molar-refractivity contribution in [2.45, 2.75) is 59.3 Å². The Balaban J connectivity index is 0. The van der Waals surface area contributed by atoms with E-state index in [2.05, 4.69) is 12.2 Å². The number of rotatable bonds is 8. The van der Waals surface area contributed by atoms with E-state index in [0.29, 0.717) is 0 Å². The van der Waals surface area contributed by atoms with Crippen LogP contribution in [0.15, 0.2) is 0 Å². The fourth-order valence-electron chi connectivity index (χ4n) is 1.32. The molecule has 0 heterocycles. The summed E-state index contributed by atoms with van der Waals surface area (Å²) in [4.78, 5) is 11.2. The van der Waals surface area contributed by atoms with Crippen molar-refractivity contribution >= 4 is 5.91 Å². The molecule has 0 saturated heterocycles. The predicted molar refractivity (Wildman–Crippen MR) is 63.3 cm³/mol. The molecular formula is C12H27NO. The fraction of sp³-hybridized carbons (Fsp3) is 0.917. The second kappa shape index (κ2) is 9.04. The SMILES string of the molecule is CCCCCCCCNC(=O)C(C)C.[HH]. The number of unbranched alkanes of at least 4 members (excludes halogenated alkanes) is 5. The summed E-state index contributed by atoms with van der Waals surface area (Å²) in [6, 6.07) is 0. The number of amides is 1. The largest absolute Gasteiger partial charge is 0.356 e. The molecule has 0 aromatic carbocycles. The highest BCUT2D eigenvalue weighted by molar-refractivity contribution is 5.77. The van der Waals surface area contributed by atoms with Gasteiger partial charge in [-0.15, -0.1) is 0 Å². The van der Waals surface area contributed by atoms with Gasteiger partial charge in [0.2, 0.25) is 5.91 Å². The van der Waals surface area contributed by atoms with E-state index in [1.165, 1.54) is 32.1 Å². The zero-order valence-electron chi connectivity index (χ0n) is 9.94. The monoisotopic (exact) mass is 201 g/mol. The van der Waals surface area contributed by atoms with E-state index in [9.17, 15) is 4.79 Å². The summed E-state index contributed by atoms with van der Waals surface area (Å²) >= 11 is 0. The molecule has 0 radical (unpaired) electrons. The van der Waals surface area contributed by atoms with E-state index in [1.54, 1.807) is 0 Å². The molecule has 0 aromatic heterocycles. The molecule has 0 aliphatic heterocycles. The van der Waals surface area contributed by atoms with Crippen molar-refractivity contribution in [2.24, 2.45) is 5.92 Å². The molecule has 0 fully saturated rings. The number of hydrogen-bond donors (Lipinski definition) is 1. The molecule has 0 spiro atoms. The standard InChI is InChI=1S/C12H25NO.H2/c1-4-5-6-7-8-9-10-13-12(14)11(2)3;/h11H,4-10H2,1-3H3,(H,13,14);1H. The topological polar surface area (TPSA) is 29.1 Å². The van der Waals surface area contributed by atoms with Crippen LogP contribution in [-0.2, 0) is 4.79 Å². The fourth-order valence-corrected chi connectivity index (χ4v) is 1.32. The second-order valence-electron chi connectivity index (χ2n) is 4.21. The van der Waals surface area contributed by atoms with Crippen molar-refractivity contribution in [1.82, 2.24) is 5.32 Å². The van der Waals surface area contributed by atoms with Gasteiger partial charge in [0.1, 0.15) is 0 Å². The molecule has 2 heteroatoms. The molecule has 0 aliphatic carbocycles. The van der Waals surface area contributed by atoms with Crippen molar-refractivity contribution < 1.29 is 6.22 Å². The molecule has 0 aromatic rings. The lowest BCUT2D eigenvalue weighted by Crippen LogP contribution is -2.28. The number of carbonyl (C=O) groups is 1. The third-order valence-electron chi connectivity index (χ3n) is 2.35. The Morgan fingerprint density at radius 2 is 1.71 bits per heavy atom. The number of hydrogen-bond acceptors (Lipinski definition) is 1. The van der Waals surface area contributed by atoms with Gasteiger partial charge in [0, 0.05) is 13.9 Å².